The predicted molar refractivity (Wildman–Crippen MR) is 90.8 cm³/mol. The number of nitrogens with two attached hydrogens (primary N) is 1. The van der Waals surface area contributed by atoms with E-state index in [0.29, 0.717) is 34.1 Å². The minimum atomic E-state index is -0.611. The second-order valence-electron chi connectivity index (χ2n) is 5.42. The van der Waals surface area contributed by atoms with E-state index in [1.807, 2.05) is 6.07 Å². The van der Waals surface area contributed by atoms with Crippen LogP contribution in [-0.2, 0) is 11.3 Å². The van der Waals surface area contributed by atoms with Gasteiger partial charge in [-0.15, -0.1) is 0 Å². The van der Waals surface area contributed by atoms with E-state index in [0.717, 1.165) is 0 Å². The van der Waals surface area contributed by atoms with Gasteiger partial charge in [0.05, 0.1) is 12.8 Å². The van der Waals surface area contributed by atoms with Crippen LogP contribution < -0.4 is 5.73 Å². The van der Waals surface area contributed by atoms with E-state index >= 15 is 0 Å². The number of nitrogen functional groups attached to an aromatic ring is 1. The van der Waals surface area contributed by atoms with Crippen molar-refractivity contribution in [2.45, 2.75) is 13.5 Å². The summed E-state index contributed by atoms with van der Waals surface area (Å²) in [4.78, 5) is 15.9. The van der Waals surface area contributed by atoms with Crippen LogP contribution in [0.5, 0.6) is 0 Å². The molecule has 3 aromatic heterocycles. The lowest BCUT2D eigenvalue weighted by atomic mass is 10.0. The topological polar surface area (TPSA) is 136 Å². The molecule has 0 aliphatic heterocycles. The van der Waals surface area contributed by atoms with Gasteiger partial charge in [-0.2, -0.15) is 5.26 Å². The smallest absolute Gasteiger partial charge is 0.373 e. The second-order valence-corrected chi connectivity index (χ2v) is 5.42. The molecule has 0 aromatic carbocycles. The first-order chi connectivity index (χ1) is 12.5. The average molecular weight is 353 g/mol. The summed E-state index contributed by atoms with van der Waals surface area (Å²) in [6.07, 6.45) is 0. The third-order valence-corrected chi connectivity index (χ3v) is 3.82. The molecule has 0 fully saturated rings. The molecule has 0 amide bonds. The molecule has 0 atom stereocenters. The summed E-state index contributed by atoms with van der Waals surface area (Å²) in [5.74, 6) is 0.612. The fourth-order valence-corrected chi connectivity index (χ4v) is 2.56. The maximum Gasteiger partial charge on any atom is 0.373 e. The van der Waals surface area contributed by atoms with Gasteiger partial charge in [0.1, 0.15) is 41.3 Å². The fraction of sp³-hybridized carbons (Fsp3) is 0.167. The number of pyridine rings is 1. The number of aliphatic hydroxyl groups is 1. The molecule has 3 N–H and O–H groups in total. The number of aryl methyl sites for hydroxylation is 1. The van der Waals surface area contributed by atoms with Gasteiger partial charge >= 0.3 is 5.97 Å². The Morgan fingerprint density at radius 3 is 2.73 bits per heavy atom. The predicted octanol–water partition coefficient (Wildman–Crippen LogP) is 2.64. The molecule has 8 heteroatoms. The number of rotatable bonds is 4. The molecule has 0 saturated heterocycles. The van der Waals surface area contributed by atoms with Crippen molar-refractivity contribution in [2.24, 2.45) is 0 Å². The summed E-state index contributed by atoms with van der Waals surface area (Å²) in [5, 5.41) is 18.6. The van der Waals surface area contributed by atoms with Crippen LogP contribution in [0.3, 0.4) is 0 Å². The highest BCUT2D eigenvalue weighted by Gasteiger charge is 2.21. The van der Waals surface area contributed by atoms with Crippen LogP contribution in [0.1, 0.15) is 27.6 Å². The van der Waals surface area contributed by atoms with Gasteiger partial charge in [0, 0.05) is 17.2 Å². The van der Waals surface area contributed by atoms with E-state index in [2.05, 4.69) is 9.72 Å². The number of carbonyl (C=O) groups excluding carboxylic acids is 1. The number of esters is 1. The number of methoxy groups -OCH3 is 1. The number of carbonyl (C=O) groups is 1. The van der Waals surface area contributed by atoms with Gasteiger partial charge in [0.2, 0.25) is 5.76 Å². The third kappa shape index (κ3) is 2.92. The lowest BCUT2D eigenvalue weighted by Gasteiger charge is -2.07. The molecule has 132 valence electrons. The second kappa shape index (κ2) is 6.74. The van der Waals surface area contributed by atoms with E-state index in [-0.39, 0.29) is 23.7 Å². The van der Waals surface area contributed by atoms with Crippen LogP contribution >= 0.6 is 0 Å². The van der Waals surface area contributed by atoms with E-state index in [1.54, 1.807) is 25.1 Å². The Morgan fingerprint density at radius 1 is 1.35 bits per heavy atom. The lowest BCUT2D eigenvalue weighted by molar-refractivity contribution is 0.0563. The zero-order valence-corrected chi connectivity index (χ0v) is 14.1. The maximum absolute atomic E-state index is 11.7. The van der Waals surface area contributed by atoms with E-state index in [1.165, 1.54) is 13.2 Å². The van der Waals surface area contributed by atoms with Gasteiger partial charge in [0.15, 0.2) is 0 Å². The number of anilines is 1. The van der Waals surface area contributed by atoms with Crippen molar-refractivity contribution in [2.75, 3.05) is 12.8 Å². The summed E-state index contributed by atoms with van der Waals surface area (Å²) in [6, 6.07) is 8.36. The number of hydrogen-bond donors (Lipinski definition) is 2. The number of ether oxygens (including phenoxy) is 1. The van der Waals surface area contributed by atoms with Crippen molar-refractivity contribution in [3.8, 4) is 28.7 Å². The van der Waals surface area contributed by atoms with E-state index in [9.17, 15) is 15.2 Å². The molecular weight excluding hydrogens is 338 g/mol. The number of furan rings is 2. The molecular formula is C18H15N3O5. The Kier molecular flexibility index (Phi) is 4.47. The fourth-order valence-electron chi connectivity index (χ4n) is 2.56. The Hall–Kier alpha value is -3.57. The highest BCUT2D eigenvalue weighted by atomic mass is 16.5. The first-order valence-corrected chi connectivity index (χ1v) is 7.58. The van der Waals surface area contributed by atoms with Gasteiger partial charge in [0.25, 0.3) is 0 Å². The first-order valence-electron chi connectivity index (χ1n) is 7.58. The summed E-state index contributed by atoms with van der Waals surface area (Å²) in [6.45, 7) is 1.41. The van der Waals surface area contributed by atoms with Crippen molar-refractivity contribution in [1.29, 1.82) is 5.26 Å². The Labute approximate surface area is 148 Å². The van der Waals surface area contributed by atoms with Crippen molar-refractivity contribution < 1.29 is 23.5 Å². The summed E-state index contributed by atoms with van der Waals surface area (Å²) in [7, 11) is 1.26. The van der Waals surface area contributed by atoms with Crippen LogP contribution in [0.2, 0.25) is 0 Å². The summed E-state index contributed by atoms with van der Waals surface area (Å²) < 4.78 is 15.6. The molecule has 0 aliphatic carbocycles. The number of nitriles is 1. The highest BCUT2D eigenvalue weighted by Crippen LogP contribution is 2.34. The van der Waals surface area contributed by atoms with Crippen molar-refractivity contribution in [3.63, 3.8) is 0 Å². The molecule has 3 aromatic rings. The molecule has 0 unspecified atom stereocenters. The highest BCUT2D eigenvalue weighted by molar-refractivity contribution is 5.89. The molecule has 0 bridgehead atoms. The van der Waals surface area contributed by atoms with Crippen LogP contribution in [-0.4, -0.2) is 23.2 Å². The number of hydrogen-bond acceptors (Lipinski definition) is 8. The monoisotopic (exact) mass is 353 g/mol. The van der Waals surface area contributed by atoms with Gasteiger partial charge < -0.3 is 24.4 Å². The lowest BCUT2D eigenvalue weighted by Crippen LogP contribution is -2.00. The largest absolute Gasteiger partial charge is 0.463 e. The van der Waals surface area contributed by atoms with E-state index < -0.39 is 5.97 Å². The summed E-state index contributed by atoms with van der Waals surface area (Å²) in [5.41, 5.74) is 7.47. The van der Waals surface area contributed by atoms with Crippen molar-refractivity contribution in [1.82, 2.24) is 4.98 Å². The minimum absolute atomic E-state index is 0.0159. The molecule has 0 saturated carbocycles. The normalized spacial score (nSPS) is 10.5. The van der Waals surface area contributed by atoms with Gasteiger partial charge in [-0.1, -0.05) is 0 Å². The third-order valence-electron chi connectivity index (χ3n) is 3.82. The SMILES string of the molecule is COC(=O)c1cc(-c2cc(-c3ccc(CO)o3)c(C#N)c(N)n2)c(C)o1. The van der Waals surface area contributed by atoms with Gasteiger partial charge in [-0.05, 0) is 25.1 Å². The Balaban J connectivity index is 2.17. The molecule has 8 nitrogen and oxygen atoms in total. The van der Waals surface area contributed by atoms with Gasteiger partial charge in [-0.25, -0.2) is 9.78 Å². The number of nitrogens with zero attached hydrogens (tertiary/aromatic N) is 2. The zero-order chi connectivity index (χ0) is 18.8. The summed E-state index contributed by atoms with van der Waals surface area (Å²) >= 11 is 0. The molecule has 3 heterocycles. The van der Waals surface area contributed by atoms with Crippen LogP contribution in [0, 0.1) is 18.3 Å². The van der Waals surface area contributed by atoms with E-state index in [4.69, 9.17) is 14.6 Å². The standard InChI is InChI=1S/C18H15N3O5/c1-9-11(6-16(25-9)18(23)24-2)14-5-12(13(7-19)17(20)21-14)15-4-3-10(8-22)26-15/h3-6,22H,8H2,1-2H3,(H2,20,21). The van der Waals surface area contributed by atoms with Crippen molar-refractivity contribution >= 4 is 11.8 Å². The minimum Gasteiger partial charge on any atom is -0.463 e. The molecule has 26 heavy (non-hydrogen) atoms. The van der Waals surface area contributed by atoms with Crippen LogP contribution in [0.15, 0.2) is 33.1 Å². The molecule has 0 spiro atoms. The zero-order valence-electron chi connectivity index (χ0n) is 14.1. The molecule has 0 radical (unpaired) electrons. The maximum atomic E-state index is 11.7. The van der Waals surface area contributed by atoms with Crippen molar-refractivity contribution in [3.05, 3.63) is 47.1 Å². The van der Waals surface area contributed by atoms with Gasteiger partial charge in [-0.3, -0.25) is 0 Å². The molecule has 3 rings (SSSR count). The first kappa shape index (κ1) is 17.3. The average Bonchev–Trinajstić information content (AvgIpc) is 3.27. The Bertz CT molecular complexity index is 1030. The van der Waals surface area contributed by atoms with Crippen LogP contribution in [0.4, 0.5) is 5.82 Å². The Morgan fingerprint density at radius 2 is 2.12 bits per heavy atom. The molecule has 0 aliphatic rings. The number of aromatic nitrogens is 1. The quantitative estimate of drug-likeness (QED) is 0.683. The van der Waals surface area contributed by atoms with Crippen LogP contribution in [0.25, 0.3) is 22.6 Å². The number of aliphatic hydroxyl groups excluding tert-OH is 1.